The Morgan fingerprint density at radius 2 is 2.04 bits per heavy atom. The summed E-state index contributed by atoms with van der Waals surface area (Å²) < 4.78 is 5.22. The van der Waals surface area contributed by atoms with Gasteiger partial charge in [-0.05, 0) is 48.9 Å². The normalized spacial score (nSPS) is 11.1. The average Bonchev–Trinajstić information content (AvgIpc) is 2.67. The Morgan fingerprint density at radius 1 is 1.26 bits per heavy atom. The van der Waals surface area contributed by atoms with Gasteiger partial charge in [0.15, 0.2) is 0 Å². The minimum Gasteiger partial charge on any atom is -0.497 e. The number of benzene rings is 2. The molecule has 0 unspecified atom stereocenters. The molecule has 3 rings (SSSR count). The quantitative estimate of drug-likeness (QED) is 0.404. The van der Waals surface area contributed by atoms with E-state index in [4.69, 9.17) is 16.3 Å². The van der Waals surface area contributed by atoms with Crippen LogP contribution in [0.4, 0.5) is 5.69 Å². The molecule has 134 valence electrons. The predicted octanol–water partition coefficient (Wildman–Crippen LogP) is 4.75. The number of rotatable bonds is 4. The molecule has 3 aromatic rings. The van der Waals surface area contributed by atoms with Crippen LogP contribution in [-0.4, -0.2) is 18.0 Å². The maximum Gasteiger partial charge on any atom is 0.266 e. The highest BCUT2D eigenvalue weighted by Crippen LogP contribution is 2.26. The molecule has 0 aliphatic heterocycles. The summed E-state index contributed by atoms with van der Waals surface area (Å²) in [5.74, 6) is 0.174. The molecule has 1 aromatic heterocycles. The summed E-state index contributed by atoms with van der Waals surface area (Å²) in [5, 5.41) is 13.2. The van der Waals surface area contributed by atoms with E-state index in [2.05, 4.69) is 10.3 Å². The van der Waals surface area contributed by atoms with Crippen molar-refractivity contribution in [1.82, 2.24) is 4.98 Å². The molecule has 0 atom stereocenters. The molecule has 1 heterocycles. The van der Waals surface area contributed by atoms with Crippen LogP contribution < -0.4 is 10.1 Å². The molecule has 0 saturated heterocycles. The van der Waals surface area contributed by atoms with Crippen LogP contribution in [0.5, 0.6) is 5.75 Å². The number of halogens is 1. The monoisotopic (exact) mass is 377 g/mol. The van der Waals surface area contributed by atoms with Crippen LogP contribution in [0.3, 0.4) is 0 Å². The van der Waals surface area contributed by atoms with E-state index in [0.29, 0.717) is 22.5 Å². The third-order valence-electron chi connectivity index (χ3n) is 4.06. The molecule has 0 aliphatic carbocycles. The molecule has 0 aliphatic rings. The zero-order chi connectivity index (χ0) is 19.4. The first kappa shape index (κ1) is 18.4. The molecule has 0 fully saturated rings. The van der Waals surface area contributed by atoms with E-state index < -0.39 is 5.91 Å². The van der Waals surface area contributed by atoms with E-state index in [1.165, 1.54) is 6.08 Å². The number of aryl methyl sites for hydroxylation is 1. The standard InChI is InChI=1S/C21H16ClN3O2/c1-13-5-3-4-6-18(13)25-21(26)16(12-23)10-15-9-14-11-17(27-2)7-8-19(14)24-20(15)22/h3-11H,1-2H3,(H,25,26)/b16-10+. The van der Waals surface area contributed by atoms with Crippen LogP contribution in [0.2, 0.25) is 5.15 Å². The molecule has 0 bridgehead atoms. The van der Waals surface area contributed by atoms with Crippen LogP contribution in [0.1, 0.15) is 11.1 Å². The minimum atomic E-state index is -0.506. The number of carbonyl (C=O) groups is 1. The summed E-state index contributed by atoms with van der Waals surface area (Å²) in [4.78, 5) is 16.8. The Hall–Kier alpha value is -3.36. The number of anilines is 1. The highest BCUT2D eigenvalue weighted by molar-refractivity contribution is 6.31. The Labute approximate surface area is 161 Å². The van der Waals surface area contributed by atoms with Gasteiger partial charge in [0.2, 0.25) is 0 Å². The summed E-state index contributed by atoms with van der Waals surface area (Å²) in [6.45, 7) is 1.88. The van der Waals surface area contributed by atoms with E-state index >= 15 is 0 Å². The largest absolute Gasteiger partial charge is 0.497 e. The van der Waals surface area contributed by atoms with Crippen molar-refractivity contribution in [3.63, 3.8) is 0 Å². The van der Waals surface area contributed by atoms with Crippen LogP contribution >= 0.6 is 11.6 Å². The molecular formula is C21H16ClN3O2. The molecule has 0 spiro atoms. The SMILES string of the molecule is COc1ccc2nc(Cl)c(/C=C(\C#N)C(=O)Nc3ccccc3C)cc2c1. The first-order valence-electron chi connectivity index (χ1n) is 8.15. The van der Waals surface area contributed by atoms with Gasteiger partial charge in [-0.2, -0.15) is 5.26 Å². The number of aromatic nitrogens is 1. The number of hydrogen-bond acceptors (Lipinski definition) is 4. The third-order valence-corrected chi connectivity index (χ3v) is 4.36. The second-order valence-corrected chi connectivity index (χ2v) is 6.22. The van der Waals surface area contributed by atoms with E-state index in [9.17, 15) is 10.1 Å². The molecule has 0 radical (unpaired) electrons. The summed E-state index contributed by atoms with van der Waals surface area (Å²) in [7, 11) is 1.58. The summed E-state index contributed by atoms with van der Waals surface area (Å²) in [6, 6.07) is 16.4. The first-order valence-corrected chi connectivity index (χ1v) is 8.52. The first-order chi connectivity index (χ1) is 13.0. The molecule has 1 amide bonds. The highest BCUT2D eigenvalue weighted by atomic mass is 35.5. The van der Waals surface area contributed by atoms with Gasteiger partial charge in [0.25, 0.3) is 5.91 Å². The zero-order valence-corrected chi connectivity index (χ0v) is 15.5. The van der Waals surface area contributed by atoms with Crippen molar-refractivity contribution in [2.45, 2.75) is 6.92 Å². The number of pyridine rings is 1. The fourth-order valence-corrected chi connectivity index (χ4v) is 2.78. The smallest absolute Gasteiger partial charge is 0.266 e. The van der Waals surface area contributed by atoms with E-state index in [-0.39, 0.29) is 10.7 Å². The van der Waals surface area contributed by atoms with E-state index in [1.54, 1.807) is 31.4 Å². The topological polar surface area (TPSA) is 75.0 Å². The molecule has 1 N–H and O–H groups in total. The van der Waals surface area contributed by atoms with Crippen LogP contribution in [0.25, 0.3) is 17.0 Å². The lowest BCUT2D eigenvalue weighted by Gasteiger charge is -2.08. The molecule has 2 aromatic carbocycles. The maximum absolute atomic E-state index is 12.5. The Morgan fingerprint density at radius 3 is 2.74 bits per heavy atom. The lowest BCUT2D eigenvalue weighted by atomic mass is 10.1. The summed E-state index contributed by atoms with van der Waals surface area (Å²) in [6.07, 6.45) is 1.43. The fourth-order valence-electron chi connectivity index (χ4n) is 2.58. The lowest BCUT2D eigenvalue weighted by Crippen LogP contribution is -2.14. The van der Waals surface area contributed by atoms with Crippen LogP contribution in [-0.2, 0) is 4.79 Å². The lowest BCUT2D eigenvalue weighted by molar-refractivity contribution is -0.112. The van der Waals surface area contributed by atoms with Gasteiger partial charge in [0.05, 0.1) is 12.6 Å². The van der Waals surface area contributed by atoms with Crippen molar-refractivity contribution in [2.75, 3.05) is 12.4 Å². The highest BCUT2D eigenvalue weighted by Gasteiger charge is 2.13. The average molecular weight is 378 g/mol. The number of fused-ring (bicyclic) bond motifs is 1. The summed E-state index contributed by atoms with van der Waals surface area (Å²) in [5.41, 5.74) is 2.66. The molecule has 6 heteroatoms. The van der Waals surface area contributed by atoms with Crippen molar-refractivity contribution in [3.05, 3.63) is 70.4 Å². The van der Waals surface area contributed by atoms with Gasteiger partial charge >= 0.3 is 0 Å². The Kier molecular flexibility index (Phi) is 5.39. The number of ether oxygens (including phenoxy) is 1. The number of hydrogen-bond donors (Lipinski definition) is 1. The fraction of sp³-hybridized carbons (Fsp3) is 0.0952. The molecule has 0 saturated carbocycles. The Balaban J connectivity index is 1.97. The van der Waals surface area contributed by atoms with E-state index in [0.717, 1.165) is 10.9 Å². The van der Waals surface area contributed by atoms with Gasteiger partial charge < -0.3 is 10.1 Å². The molecule has 5 nitrogen and oxygen atoms in total. The number of nitriles is 1. The van der Waals surface area contributed by atoms with Crippen LogP contribution in [0, 0.1) is 18.3 Å². The van der Waals surface area contributed by atoms with Crippen molar-refractivity contribution >= 4 is 40.2 Å². The van der Waals surface area contributed by atoms with Gasteiger partial charge in [0, 0.05) is 16.6 Å². The number of nitrogens with one attached hydrogen (secondary N) is 1. The van der Waals surface area contributed by atoms with Gasteiger partial charge in [0.1, 0.15) is 22.5 Å². The third kappa shape index (κ3) is 4.08. The molecular weight excluding hydrogens is 362 g/mol. The van der Waals surface area contributed by atoms with Crippen molar-refractivity contribution in [3.8, 4) is 11.8 Å². The number of nitrogens with zero attached hydrogens (tertiary/aromatic N) is 2. The second kappa shape index (κ2) is 7.90. The zero-order valence-electron chi connectivity index (χ0n) is 14.8. The van der Waals surface area contributed by atoms with Crippen molar-refractivity contribution in [1.29, 1.82) is 5.26 Å². The van der Waals surface area contributed by atoms with Crippen molar-refractivity contribution < 1.29 is 9.53 Å². The van der Waals surface area contributed by atoms with E-state index in [1.807, 2.05) is 37.3 Å². The number of amides is 1. The maximum atomic E-state index is 12.5. The van der Waals surface area contributed by atoms with Gasteiger partial charge in [-0.1, -0.05) is 29.8 Å². The molecule has 27 heavy (non-hydrogen) atoms. The second-order valence-electron chi connectivity index (χ2n) is 5.87. The van der Waals surface area contributed by atoms with Crippen molar-refractivity contribution in [2.24, 2.45) is 0 Å². The van der Waals surface area contributed by atoms with Gasteiger partial charge in [-0.3, -0.25) is 4.79 Å². The number of methoxy groups -OCH3 is 1. The van der Waals surface area contributed by atoms with Crippen LogP contribution in [0.15, 0.2) is 54.1 Å². The number of para-hydroxylation sites is 1. The number of carbonyl (C=O) groups excluding carboxylic acids is 1. The minimum absolute atomic E-state index is 0.0656. The summed E-state index contributed by atoms with van der Waals surface area (Å²) >= 11 is 6.24. The predicted molar refractivity (Wildman–Crippen MR) is 107 cm³/mol. The Bertz CT molecular complexity index is 1100. The van der Waals surface area contributed by atoms with Gasteiger partial charge in [-0.25, -0.2) is 4.98 Å². The van der Waals surface area contributed by atoms with Gasteiger partial charge in [-0.15, -0.1) is 0 Å².